The van der Waals surface area contributed by atoms with Gasteiger partial charge in [0, 0.05) is 11.8 Å². The van der Waals surface area contributed by atoms with Gasteiger partial charge in [0.25, 0.3) is 5.56 Å². The second-order valence-electron chi connectivity index (χ2n) is 6.28. The number of ether oxygens (including phenoxy) is 1. The molecule has 0 radical (unpaired) electrons. The highest BCUT2D eigenvalue weighted by Crippen LogP contribution is 2.21. The maximum atomic E-state index is 12.7. The van der Waals surface area contributed by atoms with Gasteiger partial charge in [-0.15, -0.1) is 0 Å². The fourth-order valence-corrected chi connectivity index (χ4v) is 2.84. The van der Waals surface area contributed by atoms with Crippen LogP contribution in [-0.4, -0.2) is 37.4 Å². The van der Waals surface area contributed by atoms with E-state index in [1.807, 2.05) is 36.4 Å². The first-order chi connectivity index (χ1) is 14.1. The van der Waals surface area contributed by atoms with Crippen LogP contribution in [-0.2, 0) is 17.9 Å². The van der Waals surface area contributed by atoms with Gasteiger partial charge in [0.05, 0.1) is 25.0 Å². The van der Waals surface area contributed by atoms with E-state index in [4.69, 9.17) is 4.74 Å². The lowest BCUT2D eigenvalue weighted by Gasteiger charge is -2.06. The van der Waals surface area contributed by atoms with E-state index in [0.29, 0.717) is 11.2 Å². The summed E-state index contributed by atoms with van der Waals surface area (Å²) >= 11 is 0. The molecule has 0 atom stereocenters. The third-order valence-corrected chi connectivity index (χ3v) is 4.36. The standard InChI is InChI=1S/C20H18N6O3/c1-29-16-7-5-14(6-8-16)17-10-18-20(28)25(23-13-26(18)24-17)12-19(27)22-11-15-4-2-3-9-21-15/h2-10,13H,11-12H2,1H3,(H,22,27). The topological polar surface area (TPSA) is 103 Å². The van der Waals surface area contributed by atoms with Gasteiger partial charge in [-0.05, 0) is 42.5 Å². The molecule has 9 heteroatoms. The molecule has 9 nitrogen and oxygen atoms in total. The van der Waals surface area contributed by atoms with Gasteiger partial charge in [0.1, 0.15) is 24.1 Å². The van der Waals surface area contributed by atoms with Crippen LogP contribution in [0.3, 0.4) is 0 Å². The van der Waals surface area contributed by atoms with Crippen LogP contribution in [0.2, 0.25) is 0 Å². The second kappa shape index (κ2) is 7.93. The summed E-state index contributed by atoms with van der Waals surface area (Å²) in [6, 6.07) is 14.5. The quantitative estimate of drug-likeness (QED) is 0.532. The molecule has 0 bridgehead atoms. The maximum Gasteiger partial charge on any atom is 0.293 e. The van der Waals surface area contributed by atoms with Gasteiger partial charge in [-0.2, -0.15) is 10.2 Å². The van der Waals surface area contributed by atoms with Crippen molar-refractivity contribution in [1.82, 2.24) is 29.7 Å². The second-order valence-corrected chi connectivity index (χ2v) is 6.28. The molecule has 1 N–H and O–H groups in total. The van der Waals surface area contributed by atoms with E-state index in [9.17, 15) is 9.59 Å². The van der Waals surface area contributed by atoms with Gasteiger partial charge < -0.3 is 10.1 Å². The van der Waals surface area contributed by atoms with Crippen molar-refractivity contribution in [2.45, 2.75) is 13.1 Å². The minimum Gasteiger partial charge on any atom is -0.497 e. The van der Waals surface area contributed by atoms with Crippen LogP contribution < -0.4 is 15.6 Å². The largest absolute Gasteiger partial charge is 0.497 e. The van der Waals surface area contributed by atoms with Crippen LogP contribution in [0.15, 0.2) is 65.8 Å². The van der Waals surface area contributed by atoms with Crippen LogP contribution in [0.5, 0.6) is 5.75 Å². The summed E-state index contributed by atoms with van der Waals surface area (Å²) in [5.41, 5.74) is 2.14. The SMILES string of the molecule is COc1ccc(-c2cc3c(=O)n(CC(=O)NCc4ccccn4)ncn3n2)cc1. The number of benzene rings is 1. The monoisotopic (exact) mass is 390 g/mol. The zero-order chi connectivity index (χ0) is 20.2. The number of nitrogens with one attached hydrogen (secondary N) is 1. The summed E-state index contributed by atoms with van der Waals surface area (Å²) in [7, 11) is 1.60. The summed E-state index contributed by atoms with van der Waals surface area (Å²) in [5, 5.41) is 11.2. The van der Waals surface area contributed by atoms with Crippen LogP contribution in [0.25, 0.3) is 16.8 Å². The molecule has 146 valence electrons. The van der Waals surface area contributed by atoms with Crippen molar-refractivity contribution in [2.75, 3.05) is 7.11 Å². The first-order valence-corrected chi connectivity index (χ1v) is 8.90. The van der Waals surface area contributed by atoms with E-state index in [2.05, 4.69) is 20.5 Å². The first kappa shape index (κ1) is 18.4. The molecule has 29 heavy (non-hydrogen) atoms. The number of hydrogen-bond acceptors (Lipinski definition) is 6. The summed E-state index contributed by atoms with van der Waals surface area (Å²) in [4.78, 5) is 29.0. The van der Waals surface area contributed by atoms with Gasteiger partial charge in [-0.25, -0.2) is 9.20 Å². The van der Waals surface area contributed by atoms with Gasteiger partial charge in [-0.1, -0.05) is 6.07 Å². The molecule has 0 aliphatic heterocycles. The molecule has 0 fully saturated rings. The van der Waals surface area contributed by atoms with Crippen molar-refractivity contribution < 1.29 is 9.53 Å². The number of carbonyl (C=O) groups excluding carboxylic acids is 1. The van der Waals surface area contributed by atoms with Gasteiger partial charge in [0.15, 0.2) is 0 Å². The number of carbonyl (C=O) groups is 1. The third-order valence-electron chi connectivity index (χ3n) is 4.36. The zero-order valence-corrected chi connectivity index (χ0v) is 15.6. The molecule has 0 spiro atoms. The minimum absolute atomic E-state index is 0.189. The molecule has 0 aliphatic carbocycles. The van der Waals surface area contributed by atoms with Crippen molar-refractivity contribution in [2.24, 2.45) is 0 Å². The lowest BCUT2D eigenvalue weighted by molar-refractivity contribution is -0.122. The molecule has 3 aromatic heterocycles. The number of amides is 1. The predicted octanol–water partition coefficient (Wildman–Crippen LogP) is 1.28. The highest BCUT2D eigenvalue weighted by atomic mass is 16.5. The van der Waals surface area contributed by atoms with Crippen LogP contribution in [0.1, 0.15) is 5.69 Å². The third kappa shape index (κ3) is 3.98. The normalized spacial score (nSPS) is 10.8. The van der Waals surface area contributed by atoms with Gasteiger partial charge >= 0.3 is 0 Å². The highest BCUT2D eigenvalue weighted by Gasteiger charge is 2.12. The van der Waals surface area contributed by atoms with E-state index in [1.165, 1.54) is 10.8 Å². The molecular weight excluding hydrogens is 372 g/mol. The Morgan fingerprint density at radius 1 is 1.17 bits per heavy atom. The Morgan fingerprint density at radius 2 is 2.00 bits per heavy atom. The van der Waals surface area contributed by atoms with Crippen LogP contribution in [0.4, 0.5) is 0 Å². The van der Waals surface area contributed by atoms with Crippen LogP contribution >= 0.6 is 0 Å². The number of methoxy groups -OCH3 is 1. The molecule has 1 amide bonds. The molecule has 4 aromatic rings. The van der Waals surface area contributed by atoms with E-state index in [-0.39, 0.29) is 19.0 Å². The Balaban J connectivity index is 1.52. The number of rotatable bonds is 6. The molecule has 4 rings (SSSR count). The first-order valence-electron chi connectivity index (χ1n) is 8.90. The molecule has 0 aliphatic rings. The Kier molecular flexibility index (Phi) is 5.02. The minimum atomic E-state index is -0.396. The number of fused-ring (bicyclic) bond motifs is 1. The lowest BCUT2D eigenvalue weighted by atomic mass is 10.1. The lowest BCUT2D eigenvalue weighted by Crippen LogP contribution is -2.34. The van der Waals surface area contributed by atoms with Crippen molar-refractivity contribution in [3.8, 4) is 17.0 Å². The summed E-state index contributed by atoms with van der Waals surface area (Å²) in [6.45, 7) is 0.0934. The fraction of sp³-hybridized carbons (Fsp3) is 0.150. The van der Waals surface area contributed by atoms with Crippen molar-refractivity contribution in [1.29, 1.82) is 0 Å². The highest BCUT2D eigenvalue weighted by molar-refractivity contribution is 5.75. The molecule has 0 saturated heterocycles. The van der Waals surface area contributed by atoms with Gasteiger partial charge in [0.2, 0.25) is 5.91 Å². The molecule has 0 unspecified atom stereocenters. The van der Waals surface area contributed by atoms with E-state index in [1.54, 1.807) is 25.4 Å². The number of hydrogen-bond donors (Lipinski definition) is 1. The van der Waals surface area contributed by atoms with Crippen molar-refractivity contribution >= 4 is 11.4 Å². The average Bonchev–Trinajstić information content (AvgIpc) is 3.20. The van der Waals surface area contributed by atoms with Crippen molar-refractivity contribution in [3.63, 3.8) is 0 Å². The molecule has 1 aromatic carbocycles. The Labute approximate surface area is 165 Å². The smallest absolute Gasteiger partial charge is 0.293 e. The number of pyridine rings is 1. The number of nitrogens with zero attached hydrogens (tertiary/aromatic N) is 5. The summed E-state index contributed by atoms with van der Waals surface area (Å²) in [5.74, 6) is 0.405. The maximum absolute atomic E-state index is 12.7. The van der Waals surface area contributed by atoms with Crippen molar-refractivity contribution in [3.05, 3.63) is 77.1 Å². The van der Waals surface area contributed by atoms with E-state index >= 15 is 0 Å². The zero-order valence-electron chi connectivity index (χ0n) is 15.6. The average molecular weight is 390 g/mol. The summed E-state index contributed by atoms with van der Waals surface area (Å²) in [6.07, 6.45) is 3.07. The Bertz CT molecular complexity index is 1200. The van der Waals surface area contributed by atoms with Gasteiger partial charge in [-0.3, -0.25) is 14.6 Å². The van der Waals surface area contributed by atoms with E-state index < -0.39 is 5.56 Å². The number of aromatic nitrogens is 5. The predicted molar refractivity (Wildman–Crippen MR) is 105 cm³/mol. The fourth-order valence-electron chi connectivity index (χ4n) is 2.84. The molecule has 3 heterocycles. The van der Waals surface area contributed by atoms with Crippen LogP contribution in [0, 0.1) is 0 Å². The summed E-state index contributed by atoms with van der Waals surface area (Å²) < 4.78 is 7.67. The van der Waals surface area contributed by atoms with E-state index in [0.717, 1.165) is 21.7 Å². The Hall–Kier alpha value is -4.01. The molecular formula is C20H18N6O3. The Morgan fingerprint density at radius 3 is 2.72 bits per heavy atom. The molecule has 0 saturated carbocycles.